The highest BCUT2D eigenvalue weighted by Gasteiger charge is 2.56. The van der Waals surface area contributed by atoms with Gasteiger partial charge in [-0.1, -0.05) is 32.0 Å². The van der Waals surface area contributed by atoms with E-state index in [9.17, 15) is 8.42 Å². The predicted molar refractivity (Wildman–Crippen MR) is 94.4 cm³/mol. The fourth-order valence-corrected chi connectivity index (χ4v) is 6.05. The summed E-state index contributed by atoms with van der Waals surface area (Å²) in [6.07, 6.45) is 1.73. The standard InChI is InChI=1S/C18H28N2O3S/c1-15(2)8-10-20-18(9-11-19(14-18)12-13-23-3)16-6-4-5-7-17(16)24(20,21)22/h4-7,15H,8-14H2,1-3H3/t18-/m0/s1. The summed E-state index contributed by atoms with van der Waals surface area (Å²) in [4.78, 5) is 2.83. The van der Waals surface area contributed by atoms with Crippen molar-refractivity contribution in [2.45, 2.75) is 37.1 Å². The number of likely N-dealkylation sites (tertiary alicyclic amines) is 1. The van der Waals surface area contributed by atoms with E-state index in [4.69, 9.17) is 4.74 Å². The van der Waals surface area contributed by atoms with Gasteiger partial charge in [-0.05, 0) is 30.4 Å². The Kier molecular flexibility index (Phi) is 5.02. The third kappa shape index (κ3) is 2.90. The Morgan fingerprint density at radius 3 is 2.71 bits per heavy atom. The van der Waals surface area contributed by atoms with Crippen molar-refractivity contribution >= 4 is 10.0 Å². The molecule has 0 aliphatic carbocycles. The van der Waals surface area contributed by atoms with E-state index < -0.39 is 15.6 Å². The van der Waals surface area contributed by atoms with E-state index in [1.807, 2.05) is 18.2 Å². The van der Waals surface area contributed by atoms with Crippen LogP contribution in [0.3, 0.4) is 0 Å². The number of ether oxygens (including phenoxy) is 1. The molecule has 1 saturated heterocycles. The second kappa shape index (κ2) is 6.75. The lowest BCUT2D eigenvalue weighted by Gasteiger charge is -2.34. The summed E-state index contributed by atoms with van der Waals surface area (Å²) in [5.74, 6) is 0.479. The summed E-state index contributed by atoms with van der Waals surface area (Å²) < 4.78 is 33.3. The summed E-state index contributed by atoms with van der Waals surface area (Å²) in [6.45, 7) is 8.06. The quantitative estimate of drug-likeness (QED) is 0.788. The van der Waals surface area contributed by atoms with Crippen molar-refractivity contribution in [3.8, 4) is 0 Å². The molecule has 24 heavy (non-hydrogen) atoms. The van der Waals surface area contributed by atoms with E-state index in [-0.39, 0.29) is 0 Å². The Labute approximate surface area is 145 Å². The first kappa shape index (κ1) is 17.9. The molecule has 0 unspecified atom stereocenters. The predicted octanol–water partition coefficient (Wildman–Crippen LogP) is 2.28. The van der Waals surface area contributed by atoms with Gasteiger partial charge in [0.1, 0.15) is 0 Å². The molecule has 134 valence electrons. The van der Waals surface area contributed by atoms with E-state index in [1.54, 1.807) is 17.5 Å². The molecule has 0 aromatic heterocycles. The minimum absolute atomic E-state index is 0.405. The van der Waals surface area contributed by atoms with Gasteiger partial charge in [0, 0.05) is 33.3 Å². The lowest BCUT2D eigenvalue weighted by molar-refractivity contribution is 0.142. The van der Waals surface area contributed by atoms with Gasteiger partial charge in [-0.2, -0.15) is 4.31 Å². The van der Waals surface area contributed by atoms with Crippen LogP contribution in [-0.4, -0.2) is 57.5 Å². The van der Waals surface area contributed by atoms with Crippen LogP contribution in [0.25, 0.3) is 0 Å². The topological polar surface area (TPSA) is 49.9 Å². The summed E-state index contributed by atoms with van der Waals surface area (Å²) in [5, 5.41) is 0. The number of benzene rings is 1. The van der Waals surface area contributed by atoms with E-state index in [1.165, 1.54) is 0 Å². The Morgan fingerprint density at radius 2 is 2.00 bits per heavy atom. The molecule has 0 bridgehead atoms. The third-order valence-corrected chi connectivity index (χ3v) is 7.31. The molecular formula is C18H28N2O3S. The number of rotatable bonds is 6. The number of hydrogen-bond donors (Lipinski definition) is 0. The number of hydrogen-bond acceptors (Lipinski definition) is 4. The van der Waals surface area contributed by atoms with Crippen LogP contribution in [0.1, 0.15) is 32.3 Å². The van der Waals surface area contributed by atoms with Gasteiger partial charge in [-0.3, -0.25) is 4.90 Å². The molecule has 2 aliphatic rings. The molecule has 0 radical (unpaired) electrons. The summed E-state index contributed by atoms with van der Waals surface area (Å²) >= 11 is 0. The Bertz CT molecular complexity index is 689. The Hall–Kier alpha value is -0.950. The van der Waals surface area contributed by atoms with Gasteiger partial charge in [0.05, 0.1) is 17.0 Å². The van der Waals surface area contributed by atoms with Gasteiger partial charge < -0.3 is 4.74 Å². The molecule has 1 aromatic carbocycles. The van der Waals surface area contributed by atoms with Crippen molar-refractivity contribution in [3.63, 3.8) is 0 Å². The summed E-state index contributed by atoms with van der Waals surface area (Å²) in [7, 11) is -1.70. The van der Waals surface area contributed by atoms with Crippen LogP contribution < -0.4 is 0 Å². The highest BCUT2D eigenvalue weighted by atomic mass is 32.2. The van der Waals surface area contributed by atoms with Crippen LogP contribution in [0.15, 0.2) is 29.2 Å². The van der Waals surface area contributed by atoms with Gasteiger partial charge in [-0.15, -0.1) is 0 Å². The van der Waals surface area contributed by atoms with Gasteiger partial charge in [0.25, 0.3) is 0 Å². The molecule has 1 fully saturated rings. The van der Waals surface area contributed by atoms with Crippen LogP contribution in [-0.2, 0) is 20.3 Å². The molecular weight excluding hydrogens is 324 g/mol. The van der Waals surface area contributed by atoms with Crippen molar-refractivity contribution in [2.75, 3.05) is 39.9 Å². The molecule has 2 aliphatic heterocycles. The van der Waals surface area contributed by atoms with Crippen molar-refractivity contribution < 1.29 is 13.2 Å². The van der Waals surface area contributed by atoms with Crippen molar-refractivity contribution in [1.29, 1.82) is 0 Å². The van der Waals surface area contributed by atoms with Gasteiger partial charge in [-0.25, -0.2) is 8.42 Å². The van der Waals surface area contributed by atoms with Crippen molar-refractivity contribution in [2.24, 2.45) is 5.92 Å². The highest BCUT2D eigenvalue weighted by Crippen LogP contribution is 2.49. The second-order valence-corrected chi connectivity index (χ2v) is 9.14. The first-order chi connectivity index (χ1) is 11.4. The van der Waals surface area contributed by atoms with Crippen LogP contribution in [0.4, 0.5) is 0 Å². The van der Waals surface area contributed by atoms with Gasteiger partial charge in [0.15, 0.2) is 0 Å². The molecule has 0 N–H and O–H groups in total. The average molecular weight is 353 g/mol. The molecule has 6 heteroatoms. The van der Waals surface area contributed by atoms with E-state index in [0.29, 0.717) is 24.0 Å². The molecule has 3 rings (SSSR count). The average Bonchev–Trinajstić information content (AvgIpc) is 3.04. The lowest BCUT2D eigenvalue weighted by Crippen LogP contribution is -2.46. The fourth-order valence-electron chi connectivity index (χ4n) is 3.97. The minimum Gasteiger partial charge on any atom is -0.383 e. The zero-order chi connectivity index (χ0) is 17.4. The zero-order valence-corrected chi connectivity index (χ0v) is 15.7. The zero-order valence-electron chi connectivity index (χ0n) is 14.9. The first-order valence-electron chi connectivity index (χ1n) is 8.75. The third-order valence-electron chi connectivity index (χ3n) is 5.28. The highest BCUT2D eigenvalue weighted by molar-refractivity contribution is 7.89. The maximum absolute atomic E-state index is 13.2. The summed E-state index contributed by atoms with van der Waals surface area (Å²) in [5.41, 5.74) is 0.576. The smallest absolute Gasteiger partial charge is 0.244 e. The number of sulfonamides is 1. The van der Waals surface area contributed by atoms with Crippen molar-refractivity contribution in [3.05, 3.63) is 29.8 Å². The van der Waals surface area contributed by atoms with Crippen LogP contribution in [0.2, 0.25) is 0 Å². The van der Waals surface area contributed by atoms with Crippen LogP contribution in [0.5, 0.6) is 0 Å². The van der Waals surface area contributed by atoms with E-state index in [0.717, 1.165) is 38.0 Å². The molecule has 2 heterocycles. The SMILES string of the molecule is COCCN1CC[C@]2(C1)c1ccccc1S(=O)(=O)N2CCC(C)C. The van der Waals surface area contributed by atoms with E-state index in [2.05, 4.69) is 18.7 Å². The fraction of sp³-hybridized carbons (Fsp3) is 0.667. The van der Waals surface area contributed by atoms with Crippen LogP contribution >= 0.6 is 0 Å². The molecule has 1 aromatic rings. The van der Waals surface area contributed by atoms with E-state index >= 15 is 0 Å². The summed E-state index contributed by atoms with van der Waals surface area (Å²) in [6, 6.07) is 7.55. The molecule has 5 nitrogen and oxygen atoms in total. The molecule has 1 atom stereocenters. The van der Waals surface area contributed by atoms with Crippen molar-refractivity contribution in [1.82, 2.24) is 9.21 Å². The number of methoxy groups -OCH3 is 1. The largest absolute Gasteiger partial charge is 0.383 e. The Balaban J connectivity index is 1.97. The van der Waals surface area contributed by atoms with Gasteiger partial charge >= 0.3 is 0 Å². The second-order valence-electron chi connectivity index (χ2n) is 7.31. The number of fused-ring (bicyclic) bond motifs is 2. The Morgan fingerprint density at radius 1 is 1.25 bits per heavy atom. The molecule has 0 saturated carbocycles. The maximum atomic E-state index is 13.2. The normalized spacial score (nSPS) is 26.5. The molecule has 0 amide bonds. The minimum atomic E-state index is -3.40. The molecule has 1 spiro atoms. The number of nitrogens with zero attached hydrogens (tertiary/aromatic N) is 2. The maximum Gasteiger partial charge on any atom is 0.244 e. The van der Waals surface area contributed by atoms with Gasteiger partial charge in [0.2, 0.25) is 10.0 Å². The van der Waals surface area contributed by atoms with Crippen LogP contribution in [0, 0.1) is 5.92 Å². The first-order valence-corrected chi connectivity index (χ1v) is 10.2. The lowest BCUT2D eigenvalue weighted by atomic mass is 9.88. The monoisotopic (exact) mass is 352 g/mol.